The van der Waals surface area contributed by atoms with E-state index in [2.05, 4.69) is 11.4 Å². The highest BCUT2D eigenvalue weighted by molar-refractivity contribution is 7.99. The van der Waals surface area contributed by atoms with Gasteiger partial charge in [-0.25, -0.2) is 4.79 Å². The molecule has 0 radical (unpaired) electrons. The van der Waals surface area contributed by atoms with Crippen molar-refractivity contribution in [2.45, 2.75) is 11.4 Å². The summed E-state index contributed by atoms with van der Waals surface area (Å²) < 4.78 is 4.74. The average molecular weight is 314 g/mol. The number of hydrogen-bond donors (Lipinski definition) is 2. The van der Waals surface area contributed by atoms with Gasteiger partial charge in [0.25, 0.3) is 0 Å². The van der Waals surface area contributed by atoms with Crippen molar-refractivity contribution in [3.63, 3.8) is 0 Å². The summed E-state index contributed by atoms with van der Waals surface area (Å²) in [4.78, 5) is 14.2. The van der Waals surface area contributed by atoms with Crippen molar-refractivity contribution in [2.24, 2.45) is 0 Å². The number of nitrogens with one attached hydrogen (secondary N) is 1. The Morgan fingerprint density at radius 2 is 2.37 bits per heavy atom. The zero-order valence-corrected chi connectivity index (χ0v) is 13.0. The molecule has 0 saturated carbocycles. The average Bonchev–Trinajstić information content (AvgIpc) is 3.03. The van der Waals surface area contributed by atoms with E-state index in [0.717, 1.165) is 16.4 Å². The highest BCUT2D eigenvalue weighted by atomic mass is 32.2. The maximum Gasteiger partial charge on any atom is 0.350 e. The molecule has 102 valence electrons. The Bertz CT molecular complexity index is 564. The molecule has 0 bridgehead atoms. The Morgan fingerprint density at radius 3 is 2.95 bits per heavy atom. The highest BCUT2D eigenvalue weighted by Gasteiger charge is 2.21. The minimum Gasteiger partial charge on any atom is -0.465 e. The zero-order valence-electron chi connectivity index (χ0n) is 10.6. The normalized spacial score (nSPS) is 10.4. The Kier molecular flexibility index (Phi) is 4.73. The van der Waals surface area contributed by atoms with E-state index in [1.54, 1.807) is 11.3 Å². The third kappa shape index (κ3) is 3.05. The van der Waals surface area contributed by atoms with Crippen LogP contribution in [0.3, 0.4) is 0 Å². The molecule has 2 rings (SSSR count). The Hall–Kier alpha value is -1.18. The summed E-state index contributed by atoms with van der Waals surface area (Å²) in [5.41, 5.74) is 6.49. The number of thioether (sulfide) groups is 1. The second-order valence-electron chi connectivity index (χ2n) is 3.63. The summed E-state index contributed by atoms with van der Waals surface area (Å²) >= 11 is 4.55. The SMILES string of the molecule is COC(=O)c1sc(NCc2cccs2)c(SC)c1N. The topological polar surface area (TPSA) is 64.3 Å². The summed E-state index contributed by atoms with van der Waals surface area (Å²) in [5, 5.41) is 6.28. The van der Waals surface area contributed by atoms with E-state index >= 15 is 0 Å². The number of rotatable bonds is 5. The first-order valence-electron chi connectivity index (χ1n) is 5.48. The van der Waals surface area contributed by atoms with Gasteiger partial charge in [-0.1, -0.05) is 6.07 Å². The van der Waals surface area contributed by atoms with Crippen LogP contribution in [-0.2, 0) is 11.3 Å². The van der Waals surface area contributed by atoms with Gasteiger partial charge < -0.3 is 15.8 Å². The summed E-state index contributed by atoms with van der Waals surface area (Å²) in [6.45, 7) is 0.728. The molecule has 0 spiro atoms. The first-order valence-corrected chi connectivity index (χ1v) is 8.40. The summed E-state index contributed by atoms with van der Waals surface area (Å²) in [6, 6.07) is 4.08. The van der Waals surface area contributed by atoms with Crippen molar-refractivity contribution in [2.75, 3.05) is 24.4 Å². The third-order valence-electron chi connectivity index (χ3n) is 2.48. The minimum atomic E-state index is -0.387. The first kappa shape index (κ1) is 14.2. The van der Waals surface area contributed by atoms with Gasteiger partial charge in [0.2, 0.25) is 0 Å². The van der Waals surface area contributed by atoms with Gasteiger partial charge in [0.15, 0.2) is 0 Å². The molecule has 2 heterocycles. The second-order valence-corrected chi connectivity index (χ2v) is 6.50. The molecular weight excluding hydrogens is 300 g/mol. The Balaban J connectivity index is 2.22. The van der Waals surface area contributed by atoms with Gasteiger partial charge in [-0.2, -0.15) is 0 Å². The molecule has 0 fully saturated rings. The first-order chi connectivity index (χ1) is 9.17. The van der Waals surface area contributed by atoms with Gasteiger partial charge >= 0.3 is 5.97 Å². The molecule has 2 aromatic heterocycles. The molecule has 7 heteroatoms. The lowest BCUT2D eigenvalue weighted by Crippen LogP contribution is -2.01. The minimum absolute atomic E-state index is 0.387. The summed E-state index contributed by atoms with van der Waals surface area (Å²) in [6.07, 6.45) is 1.94. The number of ether oxygens (including phenoxy) is 1. The van der Waals surface area contributed by atoms with Gasteiger partial charge in [0.05, 0.1) is 24.2 Å². The molecule has 4 nitrogen and oxygen atoms in total. The van der Waals surface area contributed by atoms with Crippen molar-refractivity contribution in [3.8, 4) is 0 Å². The number of hydrogen-bond acceptors (Lipinski definition) is 7. The van der Waals surface area contributed by atoms with Crippen LogP contribution in [-0.4, -0.2) is 19.3 Å². The molecule has 0 aliphatic rings. The largest absolute Gasteiger partial charge is 0.465 e. The summed E-state index contributed by atoms with van der Waals surface area (Å²) in [5.74, 6) is -0.387. The van der Waals surface area contributed by atoms with Crippen molar-refractivity contribution < 1.29 is 9.53 Å². The Labute approximate surface area is 124 Å². The van der Waals surface area contributed by atoms with Gasteiger partial charge in [-0.05, 0) is 17.7 Å². The molecule has 0 atom stereocenters. The van der Waals surface area contributed by atoms with E-state index in [0.29, 0.717) is 10.6 Å². The number of thiophene rings is 2. The molecule has 2 aromatic rings. The van der Waals surface area contributed by atoms with Crippen molar-refractivity contribution in [1.82, 2.24) is 0 Å². The van der Waals surface area contributed by atoms with Crippen LogP contribution in [0.4, 0.5) is 10.7 Å². The fraction of sp³-hybridized carbons (Fsp3) is 0.250. The molecule has 0 aliphatic carbocycles. The lowest BCUT2D eigenvalue weighted by Gasteiger charge is -2.04. The van der Waals surface area contributed by atoms with Crippen LogP contribution in [0.15, 0.2) is 22.4 Å². The Morgan fingerprint density at radius 1 is 1.58 bits per heavy atom. The van der Waals surface area contributed by atoms with E-state index in [-0.39, 0.29) is 5.97 Å². The maximum absolute atomic E-state index is 11.6. The van der Waals surface area contributed by atoms with Gasteiger partial charge in [0, 0.05) is 4.88 Å². The van der Waals surface area contributed by atoms with E-state index in [4.69, 9.17) is 10.5 Å². The predicted molar refractivity (Wildman–Crippen MR) is 83.5 cm³/mol. The van der Waals surface area contributed by atoms with E-state index in [1.807, 2.05) is 17.7 Å². The number of anilines is 2. The van der Waals surface area contributed by atoms with Crippen LogP contribution in [0.2, 0.25) is 0 Å². The maximum atomic E-state index is 11.6. The number of esters is 1. The van der Waals surface area contributed by atoms with Crippen LogP contribution >= 0.6 is 34.4 Å². The van der Waals surface area contributed by atoms with Crippen LogP contribution in [0.5, 0.6) is 0 Å². The second kappa shape index (κ2) is 6.31. The zero-order chi connectivity index (χ0) is 13.8. The number of nitrogens with two attached hydrogens (primary N) is 1. The number of methoxy groups -OCH3 is 1. The summed E-state index contributed by atoms with van der Waals surface area (Å²) in [7, 11) is 1.36. The highest BCUT2D eigenvalue weighted by Crippen LogP contribution is 2.42. The number of carbonyl (C=O) groups excluding carboxylic acids is 1. The molecular formula is C12H14N2O2S3. The quantitative estimate of drug-likeness (QED) is 0.653. The van der Waals surface area contributed by atoms with Gasteiger partial charge in [-0.15, -0.1) is 34.4 Å². The lowest BCUT2D eigenvalue weighted by molar-refractivity contribution is 0.0607. The standard InChI is InChI=1S/C12H14N2O2S3/c1-16-12(15)10-8(13)9(17-2)11(19-10)14-6-7-4-3-5-18-7/h3-5,14H,6,13H2,1-2H3. The molecule has 0 aromatic carbocycles. The molecule has 0 aliphatic heterocycles. The predicted octanol–water partition coefficient (Wildman–Crippen LogP) is 3.51. The van der Waals surface area contributed by atoms with E-state index in [1.165, 1.54) is 35.1 Å². The fourth-order valence-corrected chi connectivity index (χ4v) is 4.17. The van der Waals surface area contributed by atoms with Gasteiger partial charge in [0.1, 0.15) is 9.88 Å². The van der Waals surface area contributed by atoms with Crippen LogP contribution in [0.1, 0.15) is 14.5 Å². The molecule has 19 heavy (non-hydrogen) atoms. The molecule has 0 amide bonds. The monoisotopic (exact) mass is 314 g/mol. The molecule has 0 unspecified atom stereocenters. The van der Waals surface area contributed by atoms with Gasteiger partial charge in [-0.3, -0.25) is 0 Å². The fourth-order valence-electron chi connectivity index (χ4n) is 1.57. The van der Waals surface area contributed by atoms with Crippen molar-refractivity contribution in [3.05, 3.63) is 27.3 Å². The van der Waals surface area contributed by atoms with Crippen LogP contribution in [0.25, 0.3) is 0 Å². The van der Waals surface area contributed by atoms with E-state index < -0.39 is 0 Å². The van der Waals surface area contributed by atoms with Crippen molar-refractivity contribution in [1.29, 1.82) is 0 Å². The smallest absolute Gasteiger partial charge is 0.350 e. The molecule has 3 N–H and O–H groups in total. The number of nitrogen functional groups attached to an aromatic ring is 1. The van der Waals surface area contributed by atoms with Crippen LogP contribution < -0.4 is 11.1 Å². The third-order valence-corrected chi connectivity index (χ3v) is 5.46. The van der Waals surface area contributed by atoms with E-state index in [9.17, 15) is 4.79 Å². The van der Waals surface area contributed by atoms with Crippen molar-refractivity contribution >= 4 is 51.1 Å². The molecule has 0 saturated heterocycles. The number of carbonyl (C=O) groups is 1. The van der Waals surface area contributed by atoms with Crippen LogP contribution in [0, 0.1) is 0 Å². The lowest BCUT2D eigenvalue weighted by atomic mass is 10.4.